The van der Waals surface area contributed by atoms with E-state index in [0.717, 1.165) is 24.0 Å². The van der Waals surface area contributed by atoms with E-state index in [9.17, 15) is 4.79 Å². The molecule has 1 aromatic carbocycles. The Morgan fingerprint density at radius 3 is 2.83 bits per heavy atom. The summed E-state index contributed by atoms with van der Waals surface area (Å²) in [7, 11) is 1.93. The van der Waals surface area contributed by atoms with Gasteiger partial charge in [0.2, 0.25) is 0 Å². The molecule has 0 radical (unpaired) electrons. The van der Waals surface area contributed by atoms with Crippen LogP contribution in [0.15, 0.2) is 22.7 Å². The molecule has 0 aromatic heterocycles. The number of rotatable bonds is 2. The third-order valence-electron chi connectivity index (χ3n) is 3.05. The monoisotopic (exact) mass is 352 g/mol. The smallest absolute Gasteiger partial charge is 0.255 e. The summed E-state index contributed by atoms with van der Waals surface area (Å²) in [6.45, 7) is 1.57. The van der Waals surface area contributed by atoms with Crippen LogP contribution in [0, 0.1) is 0 Å². The fourth-order valence-corrected chi connectivity index (χ4v) is 2.87. The Morgan fingerprint density at radius 2 is 2.28 bits per heavy atom. The van der Waals surface area contributed by atoms with Crippen LogP contribution in [0.3, 0.4) is 0 Å². The van der Waals surface area contributed by atoms with E-state index in [1.165, 1.54) is 0 Å². The maximum absolute atomic E-state index is 12.3. The number of hydrogen-bond donors (Lipinski definition) is 1. The zero-order chi connectivity index (χ0) is 12.4. The van der Waals surface area contributed by atoms with Gasteiger partial charge in [0.15, 0.2) is 0 Å². The molecule has 0 spiro atoms. The standard InChI is InChI=1S/C12H14BrClN2O.ClH/c1-15-9-4-5-16(7-9)12(17)10-3-2-8(14)6-11(10)13;/h2-3,6,9,15H,4-5,7H2,1H3;1H. The van der Waals surface area contributed by atoms with Gasteiger partial charge in [0.25, 0.3) is 5.91 Å². The average Bonchev–Trinajstić information content (AvgIpc) is 2.76. The van der Waals surface area contributed by atoms with Gasteiger partial charge in [-0.1, -0.05) is 11.6 Å². The molecule has 100 valence electrons. The molecular formula is C12H15BrCl2N2O. The van der Waals surface area contributed by atoms with Crippen LogP contribution < -0.4 is 5.32 Å². The molecule has 2 rings (SSSR count). The van der Waals surface area contributed by atoms with Crippen LogP contribution in [0.2, 0.25) is 5.02 Å². The van der Waals surface area contributed by atoms with Crippen LogP contribution in [0.25, 0.3) is 0 Å². The topological polar surface area (TPSA) is 32.3 Å². The highest BCUT2D eigenvalue weighted by Crippen LogP contribution is 2.24. The molecule has 0 saturated carbocycles. The Balaban J connectivity index is 0.00000162. The lowest BCUT2D eigenvalue weighted by molar-refractivity contribution is 0.0789. The summed E-state index contributed by atoms with van der Waals surface area (Å²) in [5, 5.41) is 3.82. The van der Waals surface area contributed by atoms with E-state index in [1.54, 1.807) is 18.2 Å². The fraction of sp³-hybridized carbons (Fsp3) is 0.417. The normalized spacial score (nSPS) is 18.6. The molecule has 1 aliphatic heterocycles. The summed E-state index contributed by atoms with van der Waals surface area (Å²) in [5.41, 5.74) is 0.672. The van der Waals surface area contributed by atoms with Gasteiger partial charge >= 0.3 is 0 Å². The van der Waals surface area contributed by atoms with E-state index >= 15 is 0 Å². The highest BCUT2D eigenvalue weighted by molar-refractivity contribution is 9.10. The van der Waals surface area contributed by atoms with Gasteiger partial charge in [0.1, 0.15) is 0 Å². The highest BCUT2D eigenvalue weighted by atomic mass is 79.9. The van der Waals surface area contributed by atoms with Crippen LogP contribution in [0.4, 0.5) is 0 Å². The minimum absolute atomic E-state index is 0. The summed E-state index contributed by atoms with van der Waals surface area (Å²) in [5.74, 6) is 0.0614. The predicted octanol–water partition coefficient (Wildman–Crippen LogP) is 2.96. The molecule has 1 N–H and O–H groups in total. The second-order valence-corrected chi connectivity index (χ2v) is 5.44. The van der Waals surface area contributed by atoms with E-state index in [1.807, 2.05) is 11.9 Å². The highest BCUT2D eigenvalue weighted by Gasteiger charge is 2.26. The van der Waals surface area contributed by atoms with Crippen molar-refractivity contribution >= 4 is 45.8 Å². The van der Waals surface area contributed by atoms with Gasteiger partial charge in [-0.2, -0.15) is 0 Å². The predicted molar refractivity (Wildman–Crippen MR) is 79.8 cm³/mol. The number of carbonyl (C=O) groups is 1. The van der Waals surface area contributed by atoms with Crippen molar-refractivity contribution in [2.75, 3.05) is 20.1 Å². The van der Waals surface area contributed by atoms with Crippen LogP contribution in [-0.4, -0.2) is 37.0 Å². The number of benzene rings is 1. The summed E-state index contributed by atoms with van der Waals surface area (Å²) >= 11 is 9.24. The number of carbonyl (C=O) groups excluding carboxylic acids is 1. The van der Waals surface area contributed by atoms with Crippen molar-refractivity contribution in [3.63, 3.8) is 0 Å². The lowest BCUT2D eigenvalue weighted by Gasteiger charge is -2.17. The van der Waals surface area contributed by atoms with Gasteiger partial charge in [-0.25, -0.2) is 0 Å². The molecular weight excluding hydrogens is 339 g/mol. The van der Waals surface area contributed by atoms with Crippen molar-refractivity contribution in [1.82, 2.24) is 10.2 Å². The lowest BCUT2D eigenvalue weighted by atomic mass is 10.2. The van der Waals surface area contributed by atoms with E-state index in [2.05, 4.69) is 21.2 Å². The summed E-state index contributed by atoms with van der Waals surface area (Å²) in [6, 6.07) is 5.66. The third-order valence-corrected chi connectivity index (χ3v) is 3.94. The number of amides is 1. The molecule has 3 nitrogen and oxygen atoms in total. The lowest BCUT2D eigenvalue weighted by Crippen LogP contribution is -2.33. The first-order valence-corrected chi connectivity index (χ1v) is 6.70. The number of likely N-dealkylation sites (N-methyl/N-ethyl adjacent to an activating group) is 1. The number of halogens is 3. The second-order valence-electron chi connectivity index (χ2n) is 4.15. The van der Waals surface area contributed by atoms with Crippen LogP contribution in [-0.2, 0) is 0 Å². The molecule has 1 fully saturated rings. The molecule has 0 bridgehead atoms. The zero-order valence-electron chi connectivity index (χ0n) is 9.95. The van der Waals surface area contributed by atoms with E-state index < -0.39 is 0 Å². The summed E-state index contributed by atoms with van der Waals surface area (Å²) < 4.78 is 0.753. The zero-order valence-corrected chi connectivity index (χ0v) is 13.1. The largest absolute Gasteiger partial charge is 0.337 e. The molecule has 1 aliphatic rings. The van der Waals surface area contributed by atoms with Crippen molar-refractivity contribution in [1.29, 1.82) is 0 Å². The number of likely N-dealkylation sites (tertiary alicyclic amines) is 1. The molecule has 1 saturated heterocycles. The molecule has 6 heteroatoms. The Morgan fingerprint density at radius 1 is 1.56 bits per heavy atom. The van der Waals surface area contributed by atoms with Gasteiger partial charge < -0.3 is 10.2 Å². The molecule has 1 atom stereocenters. The minimum Gasteiger partial charge on any atom is -0.337 e. The average molecular weight is 354 g/mol. The quantitative estimate of drug-likeness (QED) is 0.886. The summed E-state index contributed by atoms with van der Waals surface area (Å²) in [6.07, 6.45) is 1.01. The Hall–Kier alpha value is -0.290. The number of hydrogen-bond acceptors (Lipinski definition) is 2. The van der Waals surface area contributed by atoms with Crippen LogP contribution in [0.5, 0.6) is 0 Å². The Kier molecular flexibility index (Phi) is 5.92. The molecule has 1 amide bonds. The maximum atomic E-state index is 12.3. The Labute approximate surface area is 126 Å². The summed E-state index contributed by atoms with van der Waals surface area (Å²) in [4.78, 5) is 14.1. The molecule has 18 heavy (non-hydrogen) atoms. The molecule has 1 unspecified atom stereocenters. The van der Waals surface area contributed by atoms with Crippen LogP contribution >= 0.6 is 39.9 Å². The van der Waals surface area contributed by atoms with E-state index in [0.29, 0.717) is 16.6 Å². The van der Waals surface area contributed by atoms with Gasteiger partial charge in [0, 0.05) is 28.6 Å². The maximum Gasteiger partial charge on any atom is 0.255 e. The molecule has 1 heterocycles. The van der Waals surface area contributed by atoms with Gasteiger partial charge in [0.05, 0.1) is 5.56 Å². The van der Waals surface area contributed by atoms with Gasteiger partial charge in [-0.15, -0.1) is 12.4 Å². The van der Waals surface area contributed by atoms with Gasteiger partial charge in [-0.3, -0.25) is 4.79 Å². The Bertz CT molecular complexity index is 442. The van der Waals surface area contributed by atoms with Gasteiger partial charge in [-0.05, 0) is 47.6 Å². The first-order chi connectivity index (χ1) is 8.11. The fourth-order valence-electron chi connectivity index (χ4n) is 2.01. The minimum atomic E-state index is 0. The first kappa shape index (κ1) is 15.8. The molecule has 1 aromatic rings. The molecule has 0 aliphatic carbocycles. The van der Waals surface area contributed by atoms with Crippen molar-refractivity contribution in [3.8, 4) is 0 Å². The van der Waals surface area contributed by atoms with Crippen molar-refractivity contribution in [3.05, 3.63) is 33.3 Å². The third kappa shape index (κ3) is 3.38. The van der Waals surface area contributed by atoms with Crippen molar-refractivity contribution < 1.29 is 4.79 Å². The first-order valence-electron chi connectivity index (χ1n) is 5.53. The van der Waals surface area contributed by atoms with Crippen LogP contribution in [0.1, 0.15) is 16.8 Å². The van der Waals surface area contributed by atoms with Crippen molar-refractivity contribution in [2.45, 2.75) is 12.5 Å². The van der Waals surface area contributed by atoms with E-state index in [4.69, 9.17) is 11.6 Å². The number of nitrogens with one attached hydrogen (secondary N) is 1. The number of nitrogens with zero attached hydrogens (tertiary/aromatic N) is 1. The van der Waals surface area contributed by atoms with E-state index in [-0.39, 0.29) is 18.3 Å². The SMILES string of the molecule is CNC1CCN(C(=O)c2ccc(Cl)cc2Br)C1.Cl. The van der Waals surface area contributed by atoms with Crippen molar-refractivity contribution in [2.24, 2.45) is 0 Å². The second kappa shape index (κ2) is 6.75.